The first-order valence-corrected chi connectivity index (χ1v) is 7.12. The van der Waals surface area contributed by atoms with Crippen molar-refractivity contribution in [2.45, 2.75) is 19.3 Å². The molecule has 1 heterocycles. The van der Waals surface area contributed by atoms with Gasteiger partial charge in [0.05, 0.1) is 11.4 Å². The maximum Gasteiger partial charge on any atom is 0.0600 e. The summed E-state index contributed by atoms with van der Waals surface area (Å²) in [6, 6.07) is 6.41. The van der Waals surface area contributed by atoms with Gasteiger partial charge in [-0.15, -0.1) is 0 Å². The number of rotatable bonds is 1. The van der Waals surface area contributed by atoms with Crippen LogP contribution in [-0.4, -0.2) is 13.1 Å². The molecule has 0 spiro atoms. The maximum absolute atomic E-state index is 6.11. The first kappa shape index (κ1) is 10.7. The van der Waals surface area contributed by atoms with Crippen molar-refractivity contribution in [3.8, 4) is 0 Å². The van der Waals surface area contributed by atoms with Crippen molar-refractivity contribution >= 4 is 34.0 Å². The van der Waals surface area contributed by atoms with Gasteiger partial charge in [0, 0.05) is 16.7 Å². The molecule has 0 aromatic heterocycles. The van der Waals surface area contributed by atoms with E-state index in [4.69, 9.17) is 5.73 Å². The number of hydrogen-bond donors (Lipinski definition) is 1. The van der Waals surface area contributed by atoms with Gasteiger partial charge in [-0.25, -0.2) is 0 Å². The summed E-state index contributed by atoms with van der Waals surface area (Å²) in [6.45, 7) is 2.44. The molecule has 1 aliphatic heterocycles. The van der Waals surface area contributed by atoms with Crippen molar-refractivity contribution in [3.05, 3.63) is 21.8 Å². The van der Waals surface area contributed by atoms with Crippen LogP contribution in [0.3, 0.4) is 0 Å². The zero-order chi connectivity index (χ0) is 11.1. The van der Waals surface area contributed by atoms with E-state index in [1.165, 1.54) is 41.6 Å². The quantitative estimate of drug-likeness (QED) is 0.634. The second-order valence-electron chi connectivity index (χ2n) is 5.06. The van der Waals surface area contributed by atoms with Crippen LogP contribution >= 0.6 is 22.6 Å². The second kappa shape index (κ2) is 4.09. The number of nitrogens with two attached hydrogens (primary N) is 1. The highest BCUT2D eigenvalue weighted by Gasteiger charge is 2.36. The minimum Gasteiger partial charge on any atom is -0.397 e. The monoisotopic (exact) mass is 328 g/mol. The lowest BCUT2D eigenvalue weighted by molar-refractivity contribution is 0.494. The summed E-state index contributed by atoms with van der Waals surface area (Å²) in [5.41, 5.74) is 8.29. The van der Waals surface area contributed by atoms with Crippen LogP contribution in [0.2, 0.25) is 0 Å². The molecule has 1 aromatic rings. The number of benzene rings is 1. The molecular formula is C13H17IN2. The predicted octanol–water partition coefficient (Wildman–Crippen LogP) is 3.11. The van der Waals surface area contributed by atoms with Crippen molar-refractivity contribution in [1.29, 1.82) is 0 Å². The topological polar surface area (TPSA) is 29.3 Å². The van der Waals surface area contributed by atoms with E-state index in [9.17, 15) is 0 Å². The minimum atomic E-state index is 0.929. The van der Waals surface area contributed by atoms with Crippen LogP contribution in [-0.2, 0) is 0 Å². The molecule has 3 rings (SSSR count). The minimum absolute atomic E-state index is 0.929. The zero-order valence-electron chi connectivity index (χ0n) is 9.32. The lowest BCUT2D eigenvalue weighted by atomic mass is 10.0. The number of fused-ring (bicyclic) bond motifs is 1. The standard InChI is InChI=1S/C13H17IN2/c14-11-4-5-13(12(15)6-11)16-7-9-2-1-3-10(9)8-16/h4-6,9-10H,1-3,7-8,15H2. The highest BCUT2D eigenvalue weighted by Crippen LogP contribution is 2.40. The Morgan fingerprint density at radius 2 is 1.88 bits per heavy atom. The fourth-order valence-corrected chi connectivity index (χ4v) is 3.76. The molecule has 86 valence electrons. The molecule has 2 fully saturated rings. The molecule has 0 bridgehead atoms. The Labute approximate surface area is 110 Å². The molecule has 2 N–H and O–H groups in total. The first-order valence-electron chi connectivity index (χ1n) is 6.04. The van der Waals surface area contributed by atoms with Gasteiger partial charge in [0.1, 0.15) is 0 Å². The lowest BCUT2D eigenvalue weighted by Gasteiger charge is -2.21. The van der Waals surface area contributed by atoms with Crippen LogP contribution < -0.4 is 10.6 Å². The van der Waals surface area contributed by atoms with Crippen molar-refractivity contribution in [1.82, 2.24) is 0 Å². The fourth-order valence-electron chi connectivity index (χ4n) is 3.25. The Balaban J connectivity index is 1.83. The van der Waals surface area contributed by atoms with Gasteiger partial charge in [0.25, 0.3) is 0 Å². The van der Waals surface area contributed by atoms with E-state index in [1.54, 1.807) is 0 Å². The SMILES string of the molecule is Nc1cc(I)ccc1N1CC2CCCC2C1. The van der Waals surface area contributed by atoms with E-state index in [0.717, 1.165) is 17.5 Å². The van der Waals surface area contributed by atoms with Gasteiger partial charge in [0.2, 0.25) is 0 Å². The molecule has 1 saturated heterocycles. The van der Waals surface area contributed by atoms with Crippen LogP contribution in [0.1, 0.15) is 19.3 Å². The van der Waals surface area contributed by atoms with Gasteiger partial charge in [-0.1, -0.05) is 6.42 Å². The van der Waals surface area contributed by atoms with Crippen molar-refractivity contribution in [3.63, 3.8) is 0 Å². The summed E-state index contributed by atoms with van der Waals surface area (Å²) in [4.78, 5) is 2.49. The largest absolute Gasteiger partial charge is 0.397 e. The molecule has 2 atom stereocenters. The van der Waals surface area contributed by atoms with Gasteiger partial charge >= 0.3 is 0 Å². The van der Waals surface area contributed by atoms with E-state index in [-0.39, 0.29) is 0 Å². The third-order valence-corrected chi connectivity index (χ3v) is 4.73. The molecule has 2 aliphatic rings. The summed E-state index contributed by atoms with van der Waals surface area (Å²) in [7, 11) is 0. The Morgan fingerprint density at radius 3 is 2.50 bits per heavy atom. The van der Waals surface area contributed by atoms with Gasteiger partial charge in [-0.2, -0.15) is 0 Å². The molecular weight excluding hydrogens is 311 g/mol. The average molecular weight is 328 g/mol. The normalized spacial score (nSPS) is 28.4. The molecule has 1 aromatic carbocycles. The number of halogens is 1. The molecule has 0 radical (unpaired) electrons. The van der Waals surface area contributed by atoms with Gasteiger partial charge in [-0.3, -0.25) is 0 Å². The zero-order valence-corrected chi connectivity index (χ0v) is 11.5. The van der Waals surface area contributed by atoms with E-state index >= 15 is 0 Å². The fraction of sp³-hybridized carbons (Fsp3) is 0.538. The van der Waals surface area contributed by atoms with Crippen molar-refractivity contribution < 1.29 is 0 Å². The second-order valence-corrected chi connectivity index (χ2v) is 6.30. The predicted molar refractivity (Wildman–Crippen MR) is 76.6 cm³/mol. The highest BCUT2D eigenvalue weighted by molar-refractivity contribution is 14.1. The molecule has 16 heavy (non-hydrogen) atoms. The van der Waals surface area contributed by atoms with Crippen molar-refractivity contribution in [2.24, 2.45) is 11.8 Å². The third kappa shape index (κ3) is 1.79. The number of anilines is 2. The Kier molecular flexibility index (Phi) is 2.73. The lowest BCUT2D eigenvalue weighted by Crippen LogP contribution is -2.21. The van der Waals surface area contributed by atoms with Gasteiger partial charge in [0.15, 0.2) is 0 Å². The summed E-state index contributed by atoms with van der Waals surface area (Å²) < 4.78 is 1.22. The smallest absolute Gasteiger partial charge is 0.0600 e. The average Bonchev–Trinajstić information content (AvgIpc) is 2.76. The third-order valence-electron chi connectivity index (χ3n) is 4.06. The van der Waals surface area contributed by atoms with Crippen molar-refractivity contribution in [2.75, 3.05) is 23.7 Å². The van der Waals surface area contributed by atoms with E-state index < -0.39 is 0 Å². The van der Waals surface area contributed by atoms with Gasteiger partial charge < -0.3 is 10.6 Å². The summed E-state index contributed by atoms with van der Waals surface area (Å²) in [5.74, 6) is 1.86. The van der Waals surface area contributed by atoms with Gasteiger partial charge in [-0.05, 0) is 65.5 Å². The Hall–Kier alpha value is -0.450. The van der Waals surface area contributed by atoms with Crippen LogP contribution in [0.15, 0.2) is 18.2 Å². The molecule has 0 amide bonds. The summed E-state index contributed by atoms with van der Waals surface area (Å²) >= 11 is 2.31. The molecule has 1 saturated carbocycles. The summed E-state index contributed by atoms with van der Waals surface area (Å²) in [5, 5.41) is 0. The Morgan fingerprint density at radius 1 is 1.19 bits per heavy atom. The van der Waals surface area contributed by atoms with Crippen LogP contribution in [0.4, 0.5) is 11.4 Å². The van der Waals surface area contributed by atoms with E-state index in [1.807, 2.05) is 0 Å². The maximum atomic E-state index is 6.11. The summed E-state index contributed by atoms with van der Waals surface area (Å²) in [6.07, 6.45) is 4.28. The molecule has 3 heteroatoms. The molecule has 2 unspecified atom stereocenters. The number of nitrogens with zero attached hydrogens (tertiary/aromatic N) is 1. The molecule has 2 nitrogen and oxygen atoms in total. The first-order chi connectivity index (χ1) is 7.74. The van der Waals surface area contributed by atoms with Crippen LogP contribution in [0.5, 0.6) is 0 Å². The van der Waals surface area contributed by atoms with E-state index in [0.29, 0.717) is 0 Å². The Bertz CT molecular complexity index is 393. The molecule has 1 aliphatic carbocycles. The van der Waals surface area contributed by atoms with Crippen LogP contribution in [0.25, 0.3) is 0 Å². The number of nitrogen functional groups attached to an aromatic ring is 1. The van der Waals surface area contributed by atoms with Crippen LogP contribution in [0, 0.1) is 15.4 Å². The number of hydrogen-bond acceptors (Lipinski definition) is 2. The van der Waals surface area contributed by atoms with E-state index in [2.05, 4.69) is 45.7 Å². The highest BCUT2D eigenvalue weighted by atomic mass is 127.